The van der Waals surface area contributed by atoms with Gasteiger partial charge in [-0.1, -0.05) is 20.3 Å². The lowest BCUT2D eigenvalue weighted by Gasteiger charge is -2.26. The van der Waals surface area contributed by atoms with Crippen LogP contribution < -0.4 is 10.6 Å². The summed E-state index contributed by atoms with van der Waals surface area (Å²) >= 11 is 0. The Morgan fingerprint density at radius 1 is 1.36 bits per heavy atom. The highest BCUT2D eigenvalue weighted by Crippen LogP contribution is 2.05. The van der Waals surface area contributed by atoms with Crippen molar-refractivity contribution >= 4 is 5.91 Å². The quantitative estimate of drug-likeness (QED) is 0.685. The molecule has 0 bridgehead atoms. The zero-order chi connectivity index (χ0) is 11.2. The van der Waals surface area contributed by atoms with E-state index in [0.29, 0.717) is 6.04 Å². The molecule has 1 atom stereocenters. The van der Waals surface area contributed by atoms with E-state index in [9.17, 15) is 4.79 Å². The van der Waals surface area contributed by atoms with E-state index in [0.717, 1.165) is 19.3 Å². The molecule has 0 aliphatic rings. The molecule has 0 aliphatic carbocycles. The van der Waals surface area contributed by atoms with Crippen molar-refractivity contribution in [2.24, 2.45) is 0 Å². The molecule has 0 saturated carbocycles. The summed E-state index contributed by atoms with van der Waals surface area (Å²) in [6.45, 7) is 8.02. The summed E-state index contributed by atoms with van der Waals surface area (Å²) in [5.41, 5.74) is -0.471. The van der Waals surface area contributed by atoms with Crippen molar-refractivity contribution in [1.82, 2.24) is 10.6 Å². The van der Waals surface area contributed by atoms with Gasteiger partial charge in [-0.05, 0) is 33.7 Å². The lowest BCUT2D eigenvalue weighted by atomic mass is 10.0. The minimum Gasteiger partial charge on any atom is -0.352 e. The molecule has 0 aromatic heterocycles. The maximum absolute atomic E-state index is 11.8. The summed E-state index contributed by atoms with van der Waals surface area (Å²) < 4.78 is 0. The fourth-order valence-corrected chi connectivity index (χ4v) is 1.21. The van der Waals surface area contributed by atoms with Crippen molar-refractivity contribution in [3.8, 4) is 0 Å². The fraction of sp³-hybridized carbons (Fsp3) is 0.909. The molecule has 1 unspecified atom stereocenters. The van der Waals surface area contributed by atoms with E-state index >= 15 is 0 Å². The van der Waals surface area contributed by atoms with Crippen molar-refractivity contribution in [3.05, 3.63) is 0 Å². The number of rotatable bonds is 6. The molecule has 0 rings (SSSR count). The van der Waals surface area contributed by atoms with Crippen LogP contribution in [0.1, 0.15) is 47.0 Å². The molecule has 3 nitrogen and oxygen atoms in total. The Labute approximate surface area is 87.6 Å². The largest absolute Gasteiger partial charge is 0.352 e. The number of hydrogen-bond acceptors (Lipinski definition) is 2. The summed E-state index contributed by atoms with van der Waals surface area (Å²) in [6, 6.07) is 0.320. The number of likely N-dealkylation sites (N-methyl/N-ethyl adjacent to an activating group) is 1. The monoisotopic (exact) mass is 200 g/mol. The van der Waals surface area contributed by atoms with Crippen LogP contribution in [-0.4, -0.2) is 24.5 Å². The van der Waals surface area contributed by atoms with Crippen molar-refractivity contribution in [2.45, 2.75) is 58.5 Å². The highest BCUT2D eigenvalue weighted by Gasteiger charge is 2.26. The van der Waals surface area contributed by atoms with Crippen LogP contribution in [0.25, 0.3) is 0 Å². The number of carbonyl (C=O) groups excluding carboxylic acids is 1. The van der Waals surface area contributed by atoms with Crippen LogP contribution in [0.2, 0.25) is 0 Å². The van der Waals surface area contributed by atoms with Gasteiger partial charge in [0.25, 0.3) is 0 Å². The smallest absolute Gasteiger partial charge is 0.239 e. The van der Waals surface area contributed by atoms with E-state index in [-0.39, 0.29) is 5.91 Å². The van der Waals surface area contributed by atoms with Gasteiger partial charge in [-0.3, -0.25) is 4.79 Å². The van der Waals surface area contributed by atoms with Crippen LogP contribution in [0.15, 0.2) is 0 Å². The molecule has 0 aliphatic heterocycles. The Kier molecular flexibility index (Phi) is 5.77. The van der Waals surface area contributed by atoms with Gasteiger partial charge in [0.2, 0.25) is 5.91 Å². The first-order chi connectivity index (χ1) is 6.47. The van der Waals surface area contributed by atoms with E-state index in [1.807, 2.05) is 13.8 Å². The predicted octanol–water partition coefficient (Wildman–Crippen LogP) is 1.68. The molecule has 1 amide bonds. The van der Waals surface area contributed by atoms with Gasteiger partial charge in [0.15, 0.2) is 0 Å². The van der Waals surface area contributed by atoms with Gasteiger partial charge in [-0.15, -0.1) is 0 Å². The van der Waals surface area contributed by atoms with Crippen LogP contribution in [0.4, 0.5) is 0 Å². The third-order valence-electron chi connectivity index (χ3n) is 2.66. The average Bonchev–Trinajstić information content (AvgIpc) is 2.16. The van der Waals surface area contributed by atoms with Crippen molar-refractivity contribution in [3.63, 3.8) is 0 Å². The second kappa shape index (κ2) is 6.02. The average molecular weight is 200 g/mol. The second-order valence-electron chi connectivity index (χ2n) is 4.24. The zero-order valence-corrected chi connectivity index (χ0v) is 10.1. The molecular formula is C11H24N2O. The van der Waals surface area contributed by atoms with Crippen LogP contribution in [0.5, 0.6) is 0 Å². The molecule has 14 heavy (non-hydrogen) atoms. The molecule has 0 radical (unpaired) electrons. The van der Waals surface area contributed by atoms with Gasteiger partial charge < -0.3 is 10.6 Å². The Hall–Kier alpha value is -0.570. The zero-order valence-electron chi connectivity index (χ0n) is 10.1. The topological polar surface area (TPSA) is 41.1 Å². The Morgan fingerprint density at radius 2 is 1.93 bits per heavy atom. The van der Waals surface area contributed by atoms with Gasteiger partial charge in [0.1, 0.15) is 0 Å². The first-order valence-electron chi connectivity index (χ1n) is 5.47. The minimum absolute atomic E-state index is 0.0836. The Balaban J connectivity index is 4.15. The van der Waals surface area contributed by atoms with Crippen LogP contribution >= 0.6 is 0 Å². The summed E-state index contributed by atoms with van der Waals surface area (Å²) in [4.78, 5) is 11.8. The van der Waals surface area contributed by atoms with E-state index in [2.05, 4.69) is 24.5 Å². The van der Waals surface area contributed by atoms with E-state index in [1.165, 1.54) is 0 Å². The Morgan fingerprint density at radius 3 is 2.29 bits per heavy atom. The maximum atomic E-state index is 11.8. The number of carbonyl (C=O) groups is 1. The second-order valence-corrected chi connectivity index (χ2v) is 4.24. The standard InChI is InChI=1S/C11H24N2O/c1-6-8-9(7-2)13-10(14)11(3,4)12-5/h9,12H,6-8H2,1-5H3,(H,13,14). The summed E-state index contributed by atoms with van der Waals surface area (Å²) in [5, 5.41) is 6.06. The van der Waals surface area contributed by atoms with Gasteiger partial charge >= 0.3 is 0 Å². The van der Waals surface area contributed by atoms with E-state index in [1.54, 1.807) is 7.05 Å². The predicted molar refractivity (Wildman–Crippen MR) is 60.3 cm³/mol. The van der Waals surface area contributed by atoms with Crippen LogP contribution in [0, 0.1) is 0 Å². The molecule has 0 saturated heterocycles. The molecule has 0 aromatic rings. The lowest BCUT2D eigenvalue weighted by Crippen LogP contribution is -2.53. The first-order valence-corrected chi connectivity index (χ1v) is 5.47. The minimum atomic E-state index is -0.471. The molecule has 84 valence electrons. The molecule has 0 heterocycles. The molecule has 0 aromatic carbocycles. The number of amides is 1. The van der Waals surface area contributed by atoms with E-state index < -0.39 is 5.54 Å². The van der Waals surface area contributed by atoms with Gasteiger partial charge in [-0.2, -0.15) is 0 Å². The Bertz CT molecular complexity index is 178. The van der Waals surface area contributed by atoms with Gasteiger partial charge in [0, 0.05) is 6.04 Å². The van der Waals surface area contributed by atoms with E-state index in [4.69, 9.17) is 0 Å². The van der Waals surface area contributed by atoms with Crippen molar-refractivity contribution in [2.75, 3.05) is 7.05 Å². The third-order valence-corrected chi connectivity index (χ3v) is 2.66. The fourth-order valence-electron chi connectivity index (χ4n) is 1.21. The summed E-state index contributed by atoms with van der Waals surface area (Å²) in [5.74, 6) is 0.0836. The highest BCUT2D eigenvalue weighted by molar-refractivity contribution is 5.85. The molecule has 3 heteroatoms. The van der Waals surface area contributed by atoms with Gasteiger partial charge in [-0.25, -0.2) is 0 Å². The molecular weight excluding hydrogens is 176 g/mol. The normalized spacial score (nSPS) is 13.8. The summed E-state index contributed by atoms with van der Waals surface area (Å²) in [6.07, 6.45) is 3.17. The first kappa shape index (κ1) is 13.4. The highest BCUT2D eigenvalue weighted by atomic mass is 16.2. The summed E-state index contributed by atoms with van der Waals surface area (Å²) in [7, 11) is 1.81. The molecule has 2 N–H and O–H groups in total. The molecule has 0 spiro atoms. The van der Waals surface area contributed by atoms with Crippen LogP contribution in [-0.2, 0) is 4.79 Å². The SMILES string of the molecule is CCCC(CC)NC(=O)C(C)(C)NC. The van der Waals surface area contributed by atoms with Crippen molar-refractivity contribution in [1.29, 1.82) is 0 Å². The van der Waals surface area contributed by atoms with Crippen molar-refractivity contribution < 1.29 is 4.79 Å². The third kappa shape index (κ3) is 4.09. The maximum Gasteiger partial charge on any atom is 0.239 e. The molecule has 0 fully saturated rings. The lowest BCUT2D eigenvalue weighted by molar-refractivity contribution is -0.127. The van der Waals surface area contributed by atoms with Gasteiger partial charge in [0.05, 0.1) is 5.54 Å². The van der Waals surface area contributed by atoms with Crippen LogP contribution in [0.3, 0.4) is 0 Å². The number of nitrogens with one attached hydrogen (secondary N) is 2. The number of hydrogen-bond donors (Lipinski definition) is 2.